The Morgan fingerprint density at radius 3 is 1.50 bits per heavy atom. The third-order valence-electron chi connectivity index (χ3n) is 10.0. The Balaban J connectivity index is 0.000000162. The Labute approximate surface area is 270 Å². The lowest BCUT2D eigenvalue weighted by Gasteiger charge is -2.35. The predicted octanol–water partition coefficient (Wildman–Crippen LogP) is 5.80. The topological polar surface area (TPSA) is 96.8 Å². The number of hydrogen-bond acceptors (Lipinski definition) is 9. The van der Waals surface area contributed by atoms with E-state index in [1.807, 2.05) is 0 Å². The van der Waals surface area contributed by atoms with Crippen molar-refractivity contribution >= 4 is 27.5 Å². The first-order chi connectivity index (χ1) is 21.6. The normalized spacial score (nSPS) is 23.5. The summed E-state index contributed by atoms with van der Waals surface area (Å²) in [6.45, 7) is 5.32. The number of aromatic nitrogens is 4. The van der Waals surface area contributed by atoms with Crippen LogP contribution in [0.5, 0.6) is 12.0 Å². The summed E-state index contributed by atoms with van der Waals surface area (Å²) in [4.78, 5) is 36.1. The van der Waals surface area contributed by atoms with Gasteiger partial charge in [-0.15, -0.1) is 0 Å². The highest BCUT2D eigenvalue weighted by Crippen LogP contribution is 2.28. The molecule has 3 aliphatic heterocycles. The predicted molar refractivity (Wildman–Crippen MR) is 173 cm³/mol. The van der Waals surface area contributed by atoms with Gasteiger partial charge in [0.05, 0.1) is 22.6 Å². The van der Waals surface area contributed by atoms with Crippen LogP contribution in [0.25, 0.3) is 0 Å². The Morgan fingerprint density at radius 1 is 0.591 bits per heavy atom. The van der Waals surface area contributed by atoms with Crippen LogP contribution < -0.4 is 14.4 Å². The molecule has 0 spiro atoms. The number of nitrogens with zero attached hydrogens (tertiary/aromatic N) is 7. The maximum Gasteiger partial charge on any atom is 0.316 e. The number of carbonyl (C=O) groups excluding carboxylic acids is 1. The van der Waals surface area contributed by atoms with Gasteiger partial charge in [-0.05, 0) is 80.1 Å². The highest BCUT2D eigenvalue weighted by molar-refractivity contribution is 9.10. The number of likely N-dealkylation sites (tertiary alicyclic amines) is 2. The van der Waals surface area contributed by atoms with E-state index in [1.165, 1.54) is 51.4 Å². The molecule has 2 aromatic heterocycles. The zero-order valence-corrected chi connectivity index (χ0v) is 27.6. The van der Waals surface area contributed by atoms with E-state index in [1.54, 1.807) is 29.7 Å². The molecule has 240 valence electrons. The SMILES string of the molecule is Brc1cnc(OC2CCN(C3CCCC3)CC2)nc1.O=C1CCCCN1c1cnc(OC2CCN(C3CCCC3)CC2)nc1. The Kier molecular flexibility index (Phi) is 11.3. The van der Waals surface area contributed by atoms with Crippen molar-refractivity contribution in [2.75, 3.05) is 37.6 Å². The maximum atomic E-state index is 12.0. The van der Waals surface area contributed by atoms with Crippen LogP contribution in [0.3, 0.4) is 0 Å². The van der Waals surface area contributed by atoms with Crippen LogP contribution in [0, 0.1) is 0 Å². The molecule has 0 atom stereocenters. The minimum atomic E-state index is 0.169. The van der Waals surface area contributed by atoms with Crippen molar-refractivity contribution in [2.24, 2.45) is 0 Å². The van der Waals surface area contributed by atoms with Crippen molar-refractivity contribution in [3.63, 3.8) is 0 Å². The summed E-state index contributed by atoms with van der Waals surface area (Å²) in [6, 6.07) is 2.58. The summed E-state index contributed by atoms with van der Waals surface area (Å²) < 4.78 is 12.7. The summed E-state index contributed by atoms with van der Waals surface area (Å²) >= 11 is 3.33. The maximum absolute atomic E-state index is 12.0. The van der Waals surface area contributed by atoms with Gasteiger partial charge in [-0.3, -0.25) is 4.79 Å². The number of anilines is 1. The standard InChI is InChI=1S/C19H28N4O2.C14H20BrN3O/c24-18-7-3-4-10-23(18)16-13-20-19(21-14-16)25-17-8-11-22(12-9-17)15-5-1-2-6-15;15-11-9-16-14(17-10-11)19-13-5-7-18(8-6-13)12-3-1-2-4-12/h13-15,17H,1-12H2;9-10,12-13H,1-8H2. The molecule has 0 bridgehead atoms. The average Bonchev–Trinajstić information content (AvgIpc) is 3.80. The van der Waals surface area contributed by atoms with Crippen LogP contribution in [-0.4, -0.2) is 92.7 Å². The number of rotatable bonds is 7. The molecular weight excluding hydrogens is 622 g/mol. The number of halogens is 1. The van der Waals surface area contributed by atoms with Crippen molar-refractivity contribution in [1.29, 1.82) is 0 Å². The number of carbonyl (C=O) groups is 1. The lowest BCUT2D eigenvalue weighted by Crippen LogP contribution is -2.43. The Hall–Kier alpha value is -2.37. The van der Waals surface area contributed by atoms with Gasteiger partial charge in [0.2, 0.25) is 5.91 Å². The van der Waals surface area contributed by atoms with Gasteiger partial charge in [0.1, 0.15) is 12.2 Å². The number of amides is 1. The molecule has 5 heterocycles. The van der Waals surface area contributed by atoms with Gasteiger partial charge in [0, 0.05) is 63.6 Å². The van der Waals surface area contributed by atoms with Gasteiger partial charge >= 0.3 is 12.0 Å². The zero-order valence-electron chi connectivity index (χ0n) is 26.0. The molecule has 5 aliphatic rings. The monoisotopic (exact) mass is 669 g/mol. The second-order valence-corrected chi connectivity index (χ2v) is 13.9. The van der Waals surface area contributed by atoms with Gasteiger partial charge < -0.3 is 24.2 Å². The second kappa shape index (κ2) is 15.8. The number of piperidine rings is 3. The smallest absolute Gasteiger partial charge is 0.316 e. The second-order valence-electron chi connectivity index (χ2n) is 13.0. The summed E-state index contributed by atoms with van der Waals surface area (Å²) in [6.07, 6.45) is 25.4. The molecule has 2 aliphatic carbocycles. The average molecular weight is 671 g/mol. The molecule has 3 saturated heterocycles. The van der Waals surface area contributed by atoms with Crippen LogP contribution >= 0.6 is 15.9 Å². The van der Waals surface area contributed by atoms with E-state index in [0.29, 0.717) is 18.4 Å². The molecular formula is C33H48BrN7O3. The van der Waals surface area contributed by atoms with E-state index < -0.39 is 0 Å². The van der Waals surface area contributed by atoms with Gasteiger partial charge in [-0.1, -0.05) is 25.7 Å². The Bertz CT molecular complexity index is 1160. The first-order valence-corrected chi connectivity index (χ1v) is 17.8. The van der Waals surface area contributed by atoms with E-state index in [2.05, 4.69) is 45.7 Å². The van der Waals surface area contributed by atoms with E-state index in [0.717, 1.165) is 93.5 Å². The molecule has 1 amide bonds. The minimum absolute atomic E-state index is 0.169. The van der Waals surface area contributed by atoms with Crippen LogP contribution in [0.15, 0.2) is 29.3 Å². The van der Waals surface area contributed by atoms with Gasteiger partial charge in [-0.2, -0.15) is 0 Å². The van der Waals surface area contributed by atoms with Gasteiger partial charge in [0.25, 0.3) is 0 Å². The van der Waals surface area contributed by atoms with Crippen molar-refractivity contribution in [3.8, 4) is 12.0 Å². The summed E-state index contributed by atoms with van der Waals surface area (Å²) in [5, 5.41) is 0. The number of ether oxygens (including phenoxy) is 2. The molecule has 0 N–H and O–H groups in total. The largest absolute Gasteiger partial charge is 0.460 e. The summed E-state index contributed by atoms with van der Waals surface area (Å²) in [5.41, 5.74) is 0.785. The molecule has 2 saturated carbocycles. The highest BCUT2D eigenvalue weighted by Gasteiger charge is 2.29. The molecule has 5 fully saturated rings. The molecule has 44 heavy (non-hydrogen) atoms. The summed E-state index contributed by atoms with van der Waals surface area (Å²) in [5.74, 6) is 0.169. The first kappa shape index (κ1) is 31.6. The minimum Gasteiger partial charge on any atom is -0.460 e. The lowest BCUT2D eigenvalue weighted by molar-refractivity contribution is -0.119. The third kappa shape index (κ3) is 8.66. The fourth-order valence-corrected chi connectivity index (χ4v) is 7.71. The molecule has 0 unspecified atom stereocenters. The fraction of sp³-hybridized carbons (Fsp3) is 0.727. The first-order valence-electron chi connectivity index (χ1n) is 17.0. The van der Waals surface area contributed by atoms with Crippen molar-refractivity contribution in [3.05, 3.63) is 29.3 Å². The third-order valence-corrected chi connectivity index (χ3v) is 10.4. The lowest BCUT2D eigenvalue weighted by atomic mass is 10.0. The zero-order chi connectivity index (χ0) is 30.1. The van der Waals surface area contributed by atoms with Crippen molar-refractivity contribution < 1.29 is 14.3 Å². The van der Waals surface area contributed by atoms with E-state index in [-0.39, 0.29) is 18.1 Å². The van der Waals surface area contributed by atoms with Crippen LogP contribution in [0.4, 0.5) is 5.69 Å². The summed E-state index contributed by atoms with van der Waals surface area (Å²) in [7, 11) is 0. The van der Waals surface area contributed by atoms with E-state index in [4.69, 9.17) is 9.47 Å². The molecule has 7 rings (SSSR count). The van der Waals surface area contributed by atoms with Gasteiger partial charge in [-0.25, -0.2) is 19.9 Å². The van der Waals surface area contributed by atoms with Gasteiger partial charge in [0.15, 0.2) is 0 Å². The van der Waals surface area contributed by atoms with Crippen LogP contribution in [-0.2, 0) is 4.79 Å². The molecule has 2 aromatic rings. The van der Waals surface area contributed by atoms with Crippen molar-refractivity contribution in [2.45, 2.75) is 121 Å². The number of hydrogen-bond donors (Lipinski definition) is 0. The Morgan fingerprint density at radius 2 is 1.05 bits per heavy atom. The van der Waals surface area contributed by atoms with E-state index in [9.17, 15) is 4.79 Å². The molecule has 10 nitrogen and oxygen atoms in total. The van der Waals surface area contributed by atoms with Crippen LogP contribution in [0.1, 0.15) is 96.3 Å². The molecule has 0 radical (unpaired) electrons. The highest BCUT2D eigenvalue weighted by atomic mass is 79.9. The molecule has 11 heteroatoms. The van der Waals surface area contributed by atoms with Crippen molar-refractivity contribution in [1.82, 2.24) is 29.7 Å². The van der Waals surface area contributed by atoms with E-state index >= 15 is 0 Å². The quantitative estimate of drug-likeness (QED) is 0.362. The van der Waals surface area contributed by atoms with Crippen LogP contribution in [0.2, 0.25) is 0 Å². The fourth-order valence-electron chi connectivity index (χ4n) is 7.50. The molecule has 0 aromatic carbocycles.